The number of alkyl carbamates (subject to hydrolysis) is 1. The van der Waals surface area contributed by atoms with E-state index in [1.54, 1.807) is 0 Å². The first-order chi connectivity index (χ1) is 16.0. The normalized spacial score (nSPS) is 16.0. The maximum atomic E-state index is 12.5. The van der Waals surface area contributed by atoms with Crippen molar-refractivity contribution in [1.82, 2.24) is 10.6 Å². The standard InChI is InChI=1S/C24H26N2O5S2/c27-21(28)13-20(23(29)25-10-9-22-32-11-12-33-22)26-24(30)31-14-19-17-7-3-1-5-15(17)16-6-2-4-8-18(16)19/h1-8,19-20,22H,9-14H2,(H,25,29)(H,26,30)(H,27,28). The maximum Gasteiger partial charge on any atom is 0.407 e. The van der Waals surface area contributed by atoms with Crippen LogP contribution in [0.1, 0.15) is 29.9 Å². The fourth-order valence-corrected chi connectivity index (χ4v) is 7.00. The fraction of sp³-hybridized carbons (Fsp3) is 0.375. The average molecular weight is 487 g/mol. The van der Waals surface area contributed by atoms with Crippen LogP contribution in [0.5, 0.6) is 0 Å². The molecule has 1 aliphatic heterocycles. The van der Waals surface area contributed by atoms with Crippen LogP contribution in [0.15, 0.2) is 48.5 Å². The third-order valence-corrected chi connectivity index (χ3v) is 8.87. The highest BCUT2D eigenvalue weighted by Crippen LogP contribution is 2.44. The molecule has 0 radical (unpaired) electrons. The van der Waals surface area contributed by atoms with Gasteiger partial charge in [-0.2, -0.15) is 0 Å². The summed E-state index contributed by atoms with van der Waals surface area (Å²) in [6.07, 6.45) is -0.519. The minimum absolute atomic E-state index is 0.0946. The Morgan fingerprint density at radius 1 is 1.00 bits per heavy atom. The van der Waals surface area contributed by atoms with Crippen molar-refractivity contribution in [1.29, 1.82) is 0 Å². The van der Waals surface area contributed by atoms with Gasteiger partial charge in [-0.05, 0) is 28.7 Å². The number of aliphatic carboxylic acids is 1. The van der Waals surface area contributed by atoms with Crippen LogP contribution in [0.25, 0.3) is 11.1 Å². The number of ether oxygens (including phenoxy) is 1. The largest absolute Gasteiger partial charge is 0.481 e. The number of carbonyl (C=O) groups excluding carboxylic acids is 2. The molecule has 0 spiro atoms. The van der Waals surface area contributed by atoms with E-state index in [4.69, 9.17) is 4.74 Å². The van der Waals surface area contributed by atoms with Crippen molar-refractivity contribution in [3.05, 3.63) is 59.7 Å². The second-order valence-corrected chi connectivity index (χ2v) is 10.8. The van der Waals surface area contributed by atoms with Gasteiger partial charge in [-0.25, -0.2) is 4.79 Å². The molecule has 3 N–H and O–H groups in total. The third kappa shape index (κ3) is 5.83. The second-order valence-electron chi connectivity index (χ2n) is 7.87. The van der Waals surface area contributed by atoms with E-state index >= 15 is 0 Å². The van der Waals surface area contributed by atoms with E-state index in [2.05, 4.69) is 10.6 Å². The number of hydrogen-bond donors (Lipinski definition) is 3. The smallest absolute Gasteiger partial charge is 0.407 e. The van der Waals surface area contributed by atoms with E-state index in [0.717, 1.165) is 40.2 Å². The van der Waals surface area contributed by atoms with Gasteiger partial charge in [0.05, 0.1) is 11.0 Å². The topological polar surface area (TPSA) is 105 Å². The molecule has 7 nitrogen and oxygen atoms in total. The van der Waals surface area contributed by atoms with Gasteiger partial charge < -0.3 is 20.5 Å². The van der Waals surface area contributed by atoms with Crippen molar-refractivity contribution in [2.75, 3.05) is 24.7 Å². The molecular formula is C24H26N2O5S2. The fourth-order valence-electron chi connectivity index (χ4n) is 4.18. The van der Waals surface area contributed by atoms with Gasteiger partial charge in [0.15, 0.2) is 0 Å². The minimum atomic E-state index is -1.19. The lowest BCUT2D eigenvalue weighted by Crippen LogP contribution is -2.48. The quantitative estimate of drug-likeness (QED) is 0.497. The molecule has 1 atom stereocenters. The minimum Gasteiger partial charge on any atom is -0.481 e. The van der Waals surface area contributed by atoms with Crippen molar-refractivity contribution >= 4 is 41.5 Å². The zero-order chi connectivity index (χ0) is 23.2. The SMILES string of the molecule is O=C(O)CC(NC(=O)OCC1c2ccccc2-c2ccccc21)C(=O)NCCC1SCCS1. The predicted octanol–water partition coefficient (Wildman–Crippen LogP) is 3.68. The van der Waals surface area contributed by atoms with Gasteiger partial charge in [0.1, 0.15) is 12.6 Å². The summed E-state index contributed by atoms with van der Waals surface area (Å²) in [5.74, 6) is 0.411. The molecule has 1 aliphatic carbocycles. The van der Waals surface area contributed by atoms with E-state index in [1.807, 2.05) is 72.1 Å². The highest BCUT2D eigenvalue weighted by atomic mass is 32.2. The summed E-state index contributed by atoms with van der Waals surface area (Å²) in [6.45, 7) is 0.531. The summed E-state index contributed by atoms with van der Waals surface area (Å²) < 4.78 is 5.90. The van der Waals surface area contributed by atoms with Gasteiger partial charge in [0, 0.05) is 24.0 Å². The first kappa shape index (κ1) is 23.5. The molecule has 1 heterocycles. The van der Waals surface area contributed by atoms with Crippen molar-refractivity contribution in [2.45, 2.75) is 29.4 Å². The molecule has 174 valence electrons. The lowest BCUT2D eigenvalue weighted by Gasteiger charge is -2.19. The third-order valence-electron chi connectivity index (χ3n) is 5.70. The molecule has 1 fully saturated rings. The Balaban J connectivity index is 1.34. The van der Waals surface area contributed by atoms with E-state index < -0.39 is 30.4 Å². The van der Waals surface area contributed by atoms with E-state index in [9.17, 15) is 19.5 Å². The van der Waals surface area contributed by atoms with Crippen LogP contribution in [0.4, 0.5) is 4.79 Å². The molecule has 1 unspecified atom stereocenters. The molecule has 2 aliphatic rings. The number of benzene rings is 2. The van der Waals surface area contributed by atoms with Crippen LogP contribution < -0.4 is 10.6 Å². The molecule has 1 saturated heterocycles. The molecule has 0 saturated carbocycles. The van der Waals surface area contributed by atoms with Crippen molar-refractivity contribution in [3.8, 4) is 11.1 Å². The summed E-state index contributed by atoms with van der Waals surface area (Å²) in [6, 6.07) is 14.8. The van der Waals surface area contributed by atoms with Crippen molar-refractivity contribution in [2.24, 2.45) is 0 Å². The van der Waals surface area contributed by atoms with Crippen LogP contribution in [0.3, 0.4) is 0 Å². The Kier molecular flexibility index (Phi) is 7.82. The van der Waals surface area contributed by atoms with Crippen LogP contribution in [0.2, 0.25) is 0 Å². The Morgan fingerprint density at radius 2 is 1.61 bits per heavy atom. The number of carboxylic acids is 1. The molecular weight excluding hydrogens is 460 g/mol. The number of rotatable bonds is 9. The van der Waals surface area contributed by atoms with Crippen LogP contribution >= 0.6 is 23.5 Å². The Hall–Kier alpha value is -2.65. The predicted molar refractivity (Wildman–Crippen MR) is 131 cm³/mol. The molecule has 9 heteroatoms. The highest BCUT2D eigenvalue weighted by molar-refractivity contribution is 8.20. The Bertz CT molecular complexity index is 980. The summed E-state index contributed by atoms with van der Waals surface area (Å²) in [7, 11) is 0. The van der Waals surface area contributed by atoms with Gasteiger partial charge in [-0.1, -0.05) is 48.5 Å². The van der Waals surface area contributed by atoms with Crippen molar-refractivity contribution < 1.29 is 24.2 Å². The zero-order valence-corrected chi connectivity index (χ0v) is 19.6. The van der Waals surface area contributed by atoms with Gasteiger partial charge in [-0.3, -0.25) is 9.59 Å². The molecule has 2 aromatic carbocycles. The molecule has 4 rings (SSSR count). The number of nitrogens with one attached hydrogen (secondary N) is 2. The van der Waals surface area contributed by atoms with E-state index in [-0.39, 0.29) is 12.5 Å². The highest BCUT2D eigenvalue weighted by Gasteiger charge is 2.30. The molecule has 0 aromatic heterocycles. The van der Waals surface area contributed by atoms with Crippen molar-refractivity contribution in [3.63, 3.8) is 0 Å². The molecule has 33 heavy (non-hydrogen) atoms. The van der Waals surface area contributed by atoms with Crippen LogP contribution in [-0.4, -0.2) is 58.4 Å². The van der Waals surface area contributed by atoms with Crippen LogP contribution in [0, 0.1) is 0 Å². The summed E-state index contributed by atoms with van der Waals surface area (Å²) in [4.78, 5) is 36.2. The molecule has 2 aromatic rings. The molecule has 0 bridgehead atoms. The van der Waals surface area contributed by atoms with Gasteiger partial charge in [0.25, 0.3) is 0 Å². The number of carboxylic acid groups (broad SMARTS) is 1. The summed E-state index contributed by atoms with van der Waals surface area (Å²) in [5.41, 5.74) is 4.38. The summed E-state index contributed by atoms with van der Waals surface area (Å²) >= 11 is 3.72. The van der Waals surface area contributed by atoms with E-state index in [0.29, 0.717) is 11.1 Å². The van der Waals surface area contributed by atoms with Gasteiger partial charge in [0.2, 0.25) is 5.91 Å². The summed E-state index contributed by atoms with van der Waals surface area (Å²) in [5, 5.41) is 14.4. The number of amides is 2. The maximum absolute atomic E-state index is 12.5. The lowest BCUT2D eigenvalue weighted by molar-refractivity contribution is -0.139. The van der Waals surface area contributed by atoms with Gasteiger partial charge in [-0.15, -0.1) is 23.5 Å². The molecule has 2 amide bonds. The first-order valence-corrected chi connectivity index (χ1v) is 13.0. The second kappa shape index (κ2) is 11.0. The lowest BCUT2D eigenvalue weighted by atomic mass is 9.98. The van der Waals surface area contributed by atoms with E-state index in [1.165, 1.54) is 0 Å². The Labute approximate surface area is 201 Å². The zero-order valence-electron chi connectivity index (χ0n) is 18.0. The number of carbonyl (C=O) groups is 3. The monoisotopic (exact) mass is 486 g/mol. The number of hydrogen-bond acceptors (Lipinski definition) is 6. The number of fused-ring (bicyclic) bond motifs is 3. The van der Waals surface area contributed by atoms with Gasteiger partial charge >= 0.3 is 12.1 Å². The first-order valence-electron chi connectivity index (χ1n) is 10.9. The van der Waals surface area contributed by atoms with Crippen LogP contribution in [-0.2, 0) is 14.3 Å². The number of thioether (sulfide) groups is 2. The average Bonchev–Trinajstić information content (AvgIpc) is 3.43. The Morgan fingerprint density at radius 3 is 2.21 bits per heavy atom.